The van der Waals surface area contributed by atoms with E-state index in [0.717, 1.165) is 24.8 Å². The number of carbonyl (C=O) groups is 1. The van der Waals surface area contributed by atoms with Crippen LogP contribution >= 0.6 is 0 Å². The van der Waals surface area contributed by atoms with Crippen LogP contribution in [0.1, 0.15) is 126 Å². The number of ether oxygens (including phenoxy) is 11. The number of hydrogen-bond acceptors (Lipinski definition) is 13. The summed E-state index contributed by atoms with van der Waals surface area (Å²) in [5.74, 6) is -0.127. The average Bonchev–Trinajstić information content (AvgIpc) is 3.40. The third-order valence-corrected chi connectivity index (χ3v) is 17.5. The quantitative estimate of drug-likeness (QED) is 0.261. The molecule has 0 saturated carbocycles. The van der Waals surface area contributed by atoms with Crippen LogP contribution in [0.4, 0.5) is 0 Å². The number of hydrogen-bond donors (Lipinski definition) is 1. The third kappa shape index (κ3) is 6.99. The van der Waals surface area contributed by atoms with Gasteiger partial charge < -0.3 is 57.2 Å². The fraction of sp³-hybridized carbons (Fsp3) is 0.857. The summed E-state index contributed by atoms with van der Waals surface area (Å²) in [5.41, 5.74) is -2.23. The van der Waals surface area contributed by atoms with Crippen LogP contribution in [0.25, 0.3) is 0 Å². The number of carbonyl (C=O) groups excluding carboxylic acids is 1. The molecule has 9 fully saturated rings. The summed E-state index contributed by atoms with van der Waals surface area (Å²) in [6.07, 6.45) is 12.3. The van der Waals surface area contributed by atoms with Gasteiger partial charge in [-0.1, -0.05) is 25.2 Å². The maximum absolute atomic E-state index is 12.3. The first kappa shape index (κ1) is 42.9. The molecular weight excluding hydrogens is 797 g/mol. The number of aliphatic hydroxyl groups excluding tert-OH is 1. The van der Waals surface area contributed by atoms with E-state index in [4.69, 9.17) is 52.1 Å². The molecule has 1 N–H and O–H groups in total. The Morgan fingerprint density at radius 3 is 2.31 bits per heavy atom. The third-order valence-electron chi connectivity index (χ3n) is 17.5. The number of esters is 1. The lowest BCUT2D eigenvalue weighted by molar-refractivity contribution is -0.356. The lowest BCUT2D eigenvalue weighted by Crippen LogP contribution is -2.70. The molecule has 13 nitrogen and oxygen atoms in total. The average molecular weight is 867 g/mol. The first-order chi connectivity index (χ1) is 29.5. The first-order valence-electron chi connectivity index (χ1n) is 24.0. The number of rotatable bonds is 2. The highest BCUT2D eigenvalue weighted by Gasteiger charge is 2.64. The van der Waals surface area contributed by atoms with Gasteiger partial charge in [-0.2, -0.15) is 0 Å². The van der Waals surface area contributed by atoms with Crippen LogP contribution < -0.4 is 0 Å². The second kappa shape index (κ2) is 15.1. The topological polar surface area (TPSA) is 139 Å². The van der Waals surface area contributed by atoms with Crippen LogP contribution in [-0.2, 0) is 56.9 Å². The molecule has 11 aliphatic rings. The van der Waals surface area contributed by atoms with Crippen LogP contribution in [0.3, 0.4) is 0 Å². The molecule has 0 aliphatic carbocycles. The van der Waals surface area contributed by atoms with E-state index in [1.54, 1.807) is 6.08 Å². The van der Waals surface area contributed by atoms with E-state index >= 15 is 0 Å². The Morgan fingerprint density at radius 2 is 1.48 bits per heavy atom. The molecule has 62 heavy (non-hydrogen) atoms. The Kier molecular flexibility index (Phi) is 10.5. The summed E-state index contributed by atoms with van der Waals surface area (Å²) in [7, 11) is 0. The largest absolute Gasteiger partial charge is 0.456 e. The van der Waals surface area contributed by atoms with Crippen molar-refractivity contribution in [2.24, 2.45) is 5.92 Å². The zero-order chi connectivity index (χ0) is 43.1. The molecule has 11 heterocycles. The predicted molar refractivity (Wildman–Crippen MR) is 223 cm³/mol. The molecule has 344 valence electrons. The van der Waals surface area contributed by atoms with Gasteiger partial charge in [-0.25, -0.2) is 4.79 Å². The van der Waals surface area contributed by atoms with Crippen molar-refractivity contribution in [3.05, 3.63) is 36.5 Å². The van der Waals surface area contributed by atoms with Gasteiger partial charge in [0, 0.05) is 51.0 Å². The van der Waals surface area contributed by atoms with Gasteiger partial charge in [-0.3, -0.25) is 0 Å². The molecule has 0 amide bonds. The fourth-order valence-electron chi connectivity index (χ4n) is 13.8. The minimum absolute atomic E-state index is 0.0753. The van der Waals surface area contributed by atoms with Gasteiger partial charge in [0.2, 0.25) is 0 Å². The van der Waals surface area contributed by atoms with Gasteiger partial charge in [0.05, 0.1) is 108 Å². The van der Waals surface area contributed by atoms with Crippen molar-refractivity contribution in [1.82, 2.24) is 0 Å². The normalized spacial score (nSPS) is 58.5. The molecule has 0 aromatic rings. The van der Waals surface area contributed by atoms with Crippen LogP contribution in [0, 0.1) is 5.92 Å². The highest BCUT2D eigenvalue weighted by atomic mass is 16.7. The van der Waals surface area contributed by atoms with Crippen LogP contribution in [0.15, 0.2) is 36.5 Å². The summed E-state index contributed by atoms with van der Waals surface area (Å²) < 4.78 is 75.7. The van der Waals surface area contributed by atoms with Gasteiger partial charge in [0.25, 0.3) is 0 Å². The molecule has 11 aliphatic heterocycles. The Morgan fingerprint density at radius 1 is 0.710 bits per heavy atom. The van der Waals surface area contributed by atoms with E-state index in [2.05, 4.69) is 53.3 Å². The Labute approximate surface area is 366 Å². The van der Waals surface area contributed by atoms with Gasteiger partial charge >= 0.3 is 5.97 Å². The maximum atomic E-state index is 12.3. The predicted octanol–water partition coefficient (Wildman–Crippen LogP) is 5.90. The number of aliphatic hydroxyl groups is 1. The summed E-state index contributed by atoms with van der Waals surface area (Å²) >= 11 is 0. The van der Waals surface area contributed by atoms with Gasteiger partial charge in [-0.15, -0.1) is 6.58 Å². The molecule has 0 radical (unpaired) electrons. The molecule has 13 heteroatoms. The molecule has 0 bridgehead atoms. The minimum Gasteiger partial charge on any atom is -0.456 e. The van der Waals surface area contributed by atoms with Crippen molar-refractivity contribution in [1.29, 1.82) is 0 Å². The molecule has 15 unspecified atom stereocenters. The second-order valence-corrected chi connectivity index (χ2v) is 22.2. The van der Waals surface area contributed by atoms with E-state index in [-0.39, 0.29) is 110 Å². The van der Waals surface area contributed by atoms with E-state index in [9.17, 15) is 9.90 Å². The Balaban J connectivity index is 0.784. The summed E-state index contributed by atoms with van der Waals surface area (Å²) in [5, 5.41) is 11.3. The van der Waals surface area contributed by atoms with Crippen LogP contribution in [-0.4, -0.2) is 143 Å². The Bertz CT molecular complexity index is 1840. The second-order valence-electron chi connectivity index (χ2n) is 22.2. The maximum Gasteiger partial charge on any atom is 0.331 e. The zero-order valence-corrected chi connectivity index (χ0v) is 37.7. The monoisotopic (exact) mass is 866 g/mol. The van der Waals surface area contributed by atoms with Crippen molar-refractivity contribution in [2.45, 2.75) is 257 Å². The van der Waals surface area contributed by atoms with Gasteiger partial charge in [-0.05, 0) is 85.1 Å². The van der Waals surface area contributed by atoms with Crippen LogP contribution in [0.2, 0.25) is 0 Å². The molecule has 23 atom stereocenters. The highest BCUT2D eigenvalue weighted by molar-refractivity contribution is 5.84. The zero-order valence-electron chi connectivity index (χ0n) is 37.7. The van der Waals surface area contributed by atoms with E-state index in [1.165, 1.54) is 0 Å². The summed E-state index contributed by atoms with van der Waals surface area (Å²) in [6.45, 7) is 18.8. The first-order valence-corrected chi connectivity index (χ1v) is 24.0. The number of fused-ring (bicyclic) bond motifs is 10. The van der Waals surface area contributed by atoms with Gasteiger partial charge in [0.15, 0.2) is 0 Å². The Hall–Kier alpha value is -1.75. The van der Waals surface area contributed by atoms with E-state index in [1.807, 2.05) is 19.9 Å². The standard InChI is InChI=1S/C49H70O13/c1-9-11-27-18-36(50)49(8)40(52-27)20-32-33(59-49)19-31-28(53-32)12-10-14-45(4)41(56-31)24-48(7)39(60-45)22-38-46(5,62-48)15-13-29-43(58-38)25(2)16-30-35(54-29)23-47(6)37(55-30)21-34-44(61-47)26(3)17-42(51)57-34/h9-10,12,17,25,27-41,43-44,50H,1,11,13-16,18-24H2,2-8H3/b12-10-/t25-,27-,28?,29?,30?,31?,32?,33?,34?,35?,36+,37?,38?,39?,40?,41?,43?,44?,45+,46-,47+,48+,49+/m1/s1. The van der Waals surface area contributed by atoms with E-state index < -0.39 is 34.1 Å². The summed E-state index contributed by atoms with van der Waals surface area (Å²) in [4.78, 5) is 12.3. The fourth-order valence-corrected chi connectivity index (χ4v) is 13.8. The lowest BCUT2D eigenvalue weighted by Gasteiger charge is -2.60. The van der Waals surface area contributed by atoms with Crippen LogP contribution in [0.5, 0.6) is 0 Å². The van der Waals surface area contributed by atoms with Crippen molar-refractivity contribution in [3.63, 3.8) is 0 Å². The molecule has 11 rings (SSSR count). The molecule has 9 saturated heterocycles. The van der Waals surface area contributed by atoms with Crippen molar-refractivity contribution >= 4 is 5.97 Å². The van der Waals surface area contributed by atoms with Crippen molar-refractivity contribution in [3.8, 4) is 0 Å². The molecule has 0 aromatic heterocycles. The van der Waals surface area contributed by atoms with Crippen molar-refractivity contribution < 1.29 is 62.0 Å². The minimum atomic E-state index is -0.816. The van der Waals surface area contributed by atoms with E-state index in [0.29, 0.717) is 57.8 Å². The molecular formula is C49H70O13. The van der Waals surface area contributed by atoms with Gasteiger partial charge in [0.1, 0.15) is 23.9 Å². The molecule has 0 aromatic carbocycles. The highest BCUT2D eigenvalue weighted by Crippen LogP contribution is 2.55. The molecule has 0 spiro atoms. The SMILES string of the molecule is C=CC[C@@H]1C[C@H](O)[C@]2(C)OC3CC4OC5C[C@]6(C)O[C@]7(C)CCC8OC9C[C@]%10(C)OC%11C(C)=CC(=O)OC%11CC%10OC9C[C@@H](C)C8OC7CC6O[C@@]5(C)C/C=C\C4OC3CC2O1. The van der Waals surface area contributed by atoms with Crippen molar-refractivity contribution in [2.75, 3.05) is 0 Å². The summed E-state index contributed by atoms with van der Waals surface area (Å²) in [6, 6.07) is 0. The smallest absolute Gasteiger partial charge is 0.331 e. The lowest BCUT2D eigenvalue weighted by atomic mass is 9.72.